The second-order valence-corrected chi connectivity index (χ2v) is 10.1. The highest BCUT2D eigenvalue weighted by atomic mass is 79.9. The van der Waals surface area contributed by atoms with Crippen molar-refractivity contribution < 1.29 is 0 Å². The highest BCUT2D eigenvalue weighted by Gasteiger charge is 2.27. The maximum absolute atomic E-state index is 3.76. The summed E-state index contributed by atoms with van der Waals surface area (Å²) < 4.78 is 1.17. The summed E-state index contributed by atoms with van der Waals surface area (Å²) in [5.41, 5.74) is 8.83. The Hall–Kier alpha value is -1.36. The Morgan fingerprint density at radius 2 is 1.68 bits per heavy atom. The van der Waals surface area contributed by atoms with Crippen LogP contribution in [0.5, 0.6) is 0 Å². The monoisotopic (exact) mass is 454 g/mol. The lowest BCUT2D eigenvalue weighted by molar-refractivity contribution is 0.313. The van der Waals surface area contributed by atoms with Crippen LogP contribution >= 0.6 is 27.3 Å². The average Bonchev–Trinajstić information content (AvgIpc) is 3.12. The van der Waals surface area contributed by atoms with E-state index in [1.807, 2.05) is 11.3 Å². The van der Waals surface area contributed by atoms with Crippen LogP contribution in [0.4, 0.5) is 0 Å². The van der Waals surface area contributed by atoms with Gasteiger partial charge in [0.05, 0.1) is 0 Å². The molecule has 2 saturated heterocycles. The van der Waals surface area contributed by atoms with Gasteiger partial charge in [0.2, 0.25) is 0 Å². The van der Waals surface area contributed by atoms with Crippen LogP contribution in [0.25, 0.3) is 17.3 Å². The lowest BCUT2D eigenvalue weighted by atomic mass is 9.87. The van der Waals surface area contributed by atoms with Crippen molar-refractivity contribution in [3.63, 3.8) is 0 Å². The molecule has 4 heteroatoms. The number of nitrogens with zero attached hydrogens (tertiary/aromatic N) is 2. The molecule has 0 unspecified atom stereocenters. The normalized spacial score (nSPS) is 20.5. The fourth-order valence-electron chi connectivity index (χ4n) is 4.85. The van der Waals surface area contributed by atoms with E-state index in [0.717, 1.165) is 13.1 Å². The van der Waals surface area contributed by atoms with Gasteiger partial charge in [-0.15, -0.1) is 11.3 Å². The molecule has 3 heterocycles. The van der Waals surface area contributed by atoms with Crippen LogP contribution in [-0.2, 0) is 0 Å². The second kappa shape index (κ2) is 7.81. The number of benzene rings is 1. The van der Waals surface area contributed by atoms with Gasteiger partial charge in [-0.25, -0.2) is 0 Å². The van der Waals surface area contributed by atoms with E-state index in [-0.39, 0.29) is 0 Å². The minimum atomic E-state index is 1.16. The summed E-state index contributed by atoms with van der Waals surface area (Å²) in [5.74, 6) is 0. The van der Waals surface area contributed by atoms with Gasteiger partial charge in [0.1, 0.15) is 0 Å². The first-order valence-electron chi connectivity index (χ1n) is 10.5. The standard InChI is InChI=1S/C24H27BrN2S/c1-26-12-7-17(8-13-26)24-20-9-14-28-23(20)16-22(27-10-3-2-4-11-27)19-6-5-18(25)15-21(19)24/h5-6,9,14-16H,2-4,7-8,10-13H2,1H3. The molecule has 1 aromatic carbocycles. The van der Waals surface area contributed by atoms with E-state index in [9.17, 15) is 0 Å². The highest BCUT2D eigenvalue weighted by molar-refractivity contribution is 9.10. The van der Waals surface area contributed by atoms with Crippen LogP contribution in [0, 0.1) is 0 Å². The molecule has 2 fully saturated rings. The molecule has 3 aliphatic rings. The minimum absolute atomic E-state index is 1.16. The van der Waals surface area contributed by atoms with Gasteiger partial charge in [-0.1, -0.05) is 27.6 Å². The average molecular weight is 455 g/mol. The molecule has 0 N–H and O–H groups in total. The number of halogens is 1. The zero-order chi connectivity index (χ0) is 19.1. The molecule has 0 saturated carbocycles. The summed E-state index contributed by atoms with van der Waals surface area (Å²) in [6, 6.07) is 9.26. The van der Waals surface area contributed by atoms with Crippen molar-refractivity contribution in [2.45, 2.75) is 32.1 Å². The Labute approximate surface area is 180 Å². The fraction of sp³-hybridized carbons (Fsp3) is 0.417. The third-order valence-corrected chi connectivity index (χ3v) is 7.76. The summed E-state index contributed by atoms with van der Waals surface area (Å²) in [5, 5.41) is 2.27. The second-order valence-electron chi connectivity index (χ2n) is 8.25. The molecule has 0 bridgehead atoms. The van der Waals surface area contributed by atoms with Crippen molar-refractivity contribution in [3.05, 3.63) is 61.3 Å². The third-order valence-electron chi connectivity index (χ3n) is 6.40. The molecule has 2 nitrogen and oxygen atoms in total. The molecule has 1 aromatic heterocycles. The molecule has 0 spiro atoms. The molecule has 28 heavy (non-hydrogen) atoms. The van der Waals surface area contributed by atoms with Gasteiger partial charge in [-0.2, -0.15) is 0 Å². The predicted molar refractivity (Wildman–Crippen MR) is 125 cm³/mol. The SMILES string of the molecule is CN1CCC(=C2c3cc(Br)ccc3C(N3CCCCC3)=Cc3sccc32)CC1. The van der Waals surface area contributed by atoms with Crippen molar-refractivity contribution in [3.8, 4) is 0 Å². The molecule has 2 aliphatic heterocycles. The van der Waals surface area contributed by atoms with Crippen LogP contribution in [0.3, 0.4) is 0 Å². The molecular weight excluding hydrogens is 428 g/mol. The minimum Gasteiger partial charge on any atom is -0.371 e. The number of hydrogen-bond acceptors (Lipinski definition) is 3. The van der Waals surface area contributed by atoms with Gasteiger partial charge in [-0.3, -0.25) is 0 Å². The van der Waals surface area contributed by atoms with Crippen molar-refractivity contribution in [2.75, 3.05) is 33.2 Å². The lowest BCUT2D eigenvalue weighted by Crippen LogP contribution is -2.28. The Morgan fingerprint density at radius 3 is 2.46 bits per heavy atom. The molecule has 5 rings (SSSR count). The molecule has 0 amide bonds. The zero-order valence-electron chi connectivity index (χ0n) is 16.5. The zero-order valence-corrected chi connectivity index (χ0v) is 18.9. The largest absolute Gasteiger partial charge is 0.371 e. The van der Waals surface area contributed by atoms with E-state index in [1.54, 1.807) is 5.57 Å². The summed E-state index contributed by atoms with van der Waals surface area (Å²) in [6.07, 6.45) is 8.80. The molecule has 0 radical (unpaired) electrons. The topological polar surface area (TPSA) is 6.48 Å². The first-order valence-corrected chi connectivity index (χ1v) is 12.1. The molecular formula is C24H27BrN2S. The number of likely N-dealkylation sites (tertiary alicyclic amines) is 2. The van der Waals surface area contributed by atoms with Crippen LogP contribution in [0.1, 0.15) is 53.7 Å². The van der Waals surface area contributed by atoms with Gasteiger partial charge < -0.3 is 9.80 Å². The smallest absolute Gasteiger partial charge is 0.0460 e. The summed E-state index contributed by atoms with van der Waals surface area (Å²) >= 11 is 5.65. The Balaban J connectivity index is 1.72. The quantitative estimate of drug-likeness (QED) is 0.496. The number of piperidine rings is 2. The van der Waals surface area contributed by atoms with E-state index in [4.69, 9.17) is 0 Å². The molecule has 146 valence electrons. The Kier molecular flexibility index (Phi) is 5.20. The number of rotatable bonds is 1. The van der Waals surface area contributed by atoms with E-state index < -0.39 is 0 Å². The van der Waals surface area contributed by atoms with E-state index >= 15 is 0 Å². The predicted octanol–water partition coefficient (Wildman–Crippen LogP) is 6.34. The van der Waals surface area contributed by atoms with Crippen molar-refractivity contribution >= 4 is 44.6 Å². The van der Waals surface area contributed by atoms with Crippen molar-refractivity contribution in [2.24, 2.45) is 0 Å². The van der Waals surface area contributed by atoms with Crippen LogP contribution < -0.4 is 0 Å². The number of hydrogen-bond donors (Lipinski definition) is 0. The van der Waals surface area contributed by atoms with Gasteiger partial charge in [0.15, 0.2) is 0 Å². The first kappa shape index (κ1) is 18.7. The van der Waals surface area contributed by atoms with Crippen molar-refractivity contribution in [1.29, 1.82) is 0 Å². The number of thiophene rings is 1. The molecule has 1 aliphatic carbocycles. The Bertz CT molecular complexity index is 939. The maximum Gasteiger partial charge on any atom is 0.0460 e. The lowest BCUT2D eigenvalue weighted by Gasteiger charge is -2.32. The summed E-state index contributed by atoms with van der Waals surface area (Å²) in [7, 11) is 2.24. The number of fused-ring (bicyclic) bond motifs is 2. The van der Waals surface area contributed by atoms with Gasteiger partial charge in [-0.05, 0) is 79.9 Å². The Morgan fingerprint density at radius 1 is 0.893 bits per heavy atom. The third kappa shape index (κ3) is 3.40. The van der Waals surface area contributed by atoms with Gasteiger partial charge >= 0.3 is 0 Å². The molecule has 0 atom stereocenters. The maximum atomic E-state index is 3.76. The summed E-state index contributed by atoms with van der Waals surface area (Å²) in [6.45, 7) is 4.68. The van der Waals surface area contributed by atoms with E-state index in [2.05, 4.69) is 68.5 Å². The van der Waals surface area contributed by atoms with Crippen LogP contribution in [0.15, 0.2) is 39.7 Å². The van der Waals surface area contributed by atoms with Crippen LogP contribution in [-0.4, -0.2) is 43.0 Å². The molecule has 2 aromatic rings. The van der Waals surface area contributed by atoms with E-state index in [0.29, 0.717) is 0 Å². The fourth-order valence-corrected chi connectivity index (χ4v) is 6.04. The first-order chi connectivity index (χ1) is 13.7. The van der Waals surface area contributed by atoms with Gasteiger partial charge in [0.25, 0.3) is 0 Å². The van der Waals surface area contributed by atoms with Gasteiger partial charge in [0, 0.05) is 52.4 Å². The van der Waals surface area contributed by atoms with Crippen molar-refractivity contribution in [1.82, 2.24) is 9.80 Å². The van der Waals surface area contributed by atoms with Crippen LogP contribution in [0.2, 0.25) is 0 Å². The highest BCUT2D eigenvalue weighted by Crippen LogP contribution is 2.44. The van der Waals surface area contributed by atoms with E-state index in [1.165, 1.54) is 82.5 Å². The summed E-state index contributed by atoms with van der Waals surface area (Å²) in [4.78, 5) is 6.51.